The van der Waals surface area contributed by atoms with E-state index in [1.807, 2.05) is 6.26 Å². The molecule has 0 radical (unpaired) electrons. The minimum absolute atomic E-state index is 0.0459. The maximum atomic E-state index is 6.13. The number of furan rings is 1. The van der Waals surface area contributed by atoms with Gasteiger partial charge in [-0.2, -0.15) is 9.78 Å². The number of hydrogen-bond acceptors (Lipinski definition) is 6. The Morgan fingerprint density at radius 2 is 1.78 bits per heavy atom. The van der Waals surface area contributed by atoms with Crippen LogP contribution in [0.2, 0.25) is 25.1 Å². The third-order valence-electron chi connectivity index (χ3n) is 3.20. The van der Waals surface area contributed by atoms with Gasteiger partial charge < -0.3 is 9.15 Å². The van der Waals surface area contributed by atoms with Crippen LogP contribution in [0.5, 0.6) is 5.75 Å². The third-order valence-corrected chi connectivity index (χ3v) is 6.08. The highest BCUT2D eigenvalue weighted by Gasteiger charge is 2.20. The van der Waals surface area contributed by atoms with E-state index in [4.69, 9.17) is 67.2 Å². The topological polar surface area (TPSA) is 65.4 Å². The number of rotatable bonds is 6. The second kappa shape index (κ2) is 8.94. The monoisotopic (exact) mass is 484 g/mol. The molecule has 27 heavy (non-hydrogen) atoms. The predicted octanol–water partition coefficient (Wildman–Crippen LogP) is 6.32. The minimum Gasteiger partial charge on any atom is -0.482 e. The first kappa shape index (κ1) is 20.6. The zero-order chi connectivity index (χ0) is 19.6. The molecule has 12 heteroatoms. The van der Waals surface area contributed by atoms with Crippen LogP contribution in [-0.4, -0.2) is 27.3 Å². The molecular formula is C15H9Cl5N4O2S. The first-order valence-electron chi connectivity index (χ1n) is 7.13. The van der Waals surface area contributed by atoms with Gasteiger partial charge in [-0.3, -0.25) is 0 Å². The molecule has 2 aromatic heterocycles. The van der Waals surface area contributed by atoms with Gasteiger partial charge in [-0.15, -0.1) is 10.2 Å². The summed E-state index contributed by atoms with van der Waals surface area (Å²) in [5.74, 6) is 1.15. The number of hydrogen-bond donors (Lipinski definition) is 0. The lowest BCUT2D eigenvalue weighted by Crippen LogP contribution is -1.96. The first-order chi connectivity index (χ1) is 12.9. The molecule has 0 spiro atoms. The van der Waals surface area contributed by atoms with E-state index in [0.717, 1.165) is 0 Å². The third kappa shape index (κ3) is 4.50. The number of halogens is 5. The molecule has 3 rings (SSSR count). The normalized spacial score (nSPS) is 11.5. The summed E-state index contributed by atoms with van der Waals surface area (Å²) in [7, 11) is 0. The van der Waals surface area contributed by atoms with Crippen molar-refractivity contribution in [1.29, 1.82) is 0 Å². The highest BCUT2D eigenvalue weighted by Crippen LogP contribution is 2.48. The summed E-state index contributed by atoms with van der Waals surface area (Å²) in [6.07, 6.45) is 4.90. The minimum atomic E-state index is 0.0459. The molecule has 0 N–H and O–H groups in total. The molecule has 0 aliphatic heterocycles. The number of nitrogens with zero attached hydrogens (tertiary/aromatic N) is 4. The smallest absolute Gasteiger partial charge is 0.211 e. The SMILES string of the molecule is CSc1nncn1N=Cc1ccc(COc2c(Cl)c(Cl)c(Cl)c(Cl)c2Cl)o1. The zero-order valence-electron chi connectivity index (χ0n) is 13.4. The number of thioether (sulfide) groups is 1. The summed E-state index contributed by atoms with van der Waals surface area (Å²) in [6, 6.07) is 3.46. The average molecular weight is 487 g/mol. The molecule has 0 saturated heterocycles. The van der Waals surface area contributed by atoms with Crippen molar-refractivity contribution in [3.63, 3.8) is 0 Å². The van der Waals surface area contributed by atoms with Crippen molar-refractivity contribution in [3.05, 3.63) is 55.1 Å². The molecule has 0 saturated carbocycles. The Kier molecular flexibility index (Phi) is 6.83. The summed E-state index contributed by atoms with van der Waals surface area (Å²) < 4.78 is 12.8. The van der Waals surface area contributed by atoms with E-state index in [2.05, 4.69) is 15.3 Å². The quantitative estimate of drug-likeness (QED) is 0.177. The lowest BCUT2D eigenvalue weighted by atomic mass is 10.3. The number of ether oxygens (including phenoxy) is 1. The van der Waals surface area contributed by atoms with Crippen molar-refractivity contribution in [2.24, 2.45) is 5.10 Å². The van der Waals surface area contributed by atoms with E-state index < -0.39 is 0 Å². The van der Waals surface area contributed by atoms with E-state index in [9.17, 15) is 0 Å². The predicted molar refractivity (Wildman–Crippen MR) is 109 cm³/mol. The molecule has 0 unspecified atom stereocenters. The van der Waals surface area contributed by atoms with Crippen molar-refractivity contribution >= 4 is 76.0 Å². The molecule has 0 aliphatic rings. The standard InChI is InChI=1S/C15H9Cl5N4O2S/c1-27-15-23-21-6-24(15)22-4-7-2-3-8(26-7)5-25-14-12(19)10(17)9(16)11(18)13(14)20/h2-4,6H,5H2,1H3. The van der Waals surface area contributed by atoms with Crippen LogP contribution in [-0.2, 0) is 6.61 Å². The van der Waals surface area contributed by atoms with Gasteiger partial charge in [0.05, 0.1) is 21.3 Å². The van der Waals surface area contributed by atoms with Gasteiger partial charge in [-0.05, 0) is 18.4 Å². The summed E-state index contributed by atoms with van der Waals surface area (Å²) in [6.45, 7) is 0.0459. The second-order valence-corrected chi connectivity index (χ2v) is 7.56. The van der Waals surface area contributed by atoms with Crippen LogP contribution in [0, 0.1) is 0 Å². The summed E-state index contributed by atoms with van der Waals surface area (Å²) >= 11 is 31.7. The maximum Gasteiger partial charge on any atom is 0.211 e. The summed E-state index contributed by atoms with van der Waals surface area (Å²) in [5, 5.41) is 12.9. The van der Waals surface area contributed by atoms with Crippen LogP contribution >= 0.6 is 69.8 Å². The second-order valence-electron chi connectivity index (χ2n) is 4.90. The molecule has 142 valence electrons. The fraction of sp³-hybridized carbons (Fsp3) is 0.133. The Morgan fingerprint density at radius 3 is 2.44 bits per heavy atom. The molecule has 0 aliphatic carbocycles. The van der Waals surface area contributed by atoms with E-state index in [0.29, 0.717) is 16.7 Å². The Morgan fingerprint density at radius 1 is 1.11 bits per heavy atom. The van der Waals surface area contributed by atoms with Crippen molar-refractivity contribution in [1.82, 2.24) is 14.9 Å². The van der Waals surface area contributed by atoms with Crippen LogP contribution in [0.25, 0.3) is 0 Å². The molecule has 1 aromatic carbocycles. The lowest BCUT2D eigenvalue weighted by molar-refractivity contribution is 0.270. The van der Waals surface area contributed by atoms with Gasteiger partial charge in [0, 0.05) is 0 Å². The van der Waals surface area contributed by atoms with Crippen molar-refractivity contribution < 1.29 is 9.15 Å². The van der Waals surface area contributed by atoms with E-state index in [1.54, 1.807) is 12.1 Å². The highest BCUT2D eigenvalue weighted by molar-refractivity contribution is 7.98. The fourth-order valence-corrected chi connectivity index (χ4v) is 3.59. The van der Waals surface area contributed by atoms with Gasteiger partial charge in [0.15, 0.2) is 5.75 Å². The highest BCUT2D eigenvalue weighted by atomic mass is 35.5. The van der Waals surface area contributed by atoms with Crippen LogP contribution < -0.4 is 4.74 Å². The van der Waals surface area contributed by atoms with Gasteiger partial charge in [-0.1, -0.05) is 69.8 Å². The molecule has 0 bridgehead atoms. The van der Waals surface area contributed by atoms with Crippen molar-refractivity contribution in [2.75, 3.05) is 6.26 Å². The molecule has 6 nitrogen and oxygen atoms in total. The van der Waals surface area contributed by atoms with E-state index in [-0.39, 0.29) is 37.5 Å². The first-order valence-corrected chi connectivity index (χ1v) is 10.2. The Bertz CT molecular complexity index is 975. The van der Waals surface area contributed by atoms with Crippen molar-refractivity contribution in [2.45, 2.75) is 11.8 Å². The van der Waals surface area contributed by atoms with Crippen LogP contribution in [0.1, 0.15) is 11.5 Å². The largest absolute Gasteiger partial charge is 0.482 e. The fourth-order valence-electron chi connectivity index (χ4n) is 1.95. The van der Waals surface area contributed by atoms with Crippen molar-refractivity contribution in [3.8, 4) is 5.75 Å². The Balaban J connectivity index is 1.72. The maximum absolute atomic E-state index is 6.13. The average Bonchev–Trinajstić information content (AvgIpc) is 3.31. The molecule has 0 amide bonds. The molecule has 3 aromatic rings. The van der Waals surface area contributed by atoms with Gasteiger partial charge in [0.1, 0.15) is 34.5 Å². The van der Waals surface area contributed by atoms with Crippen LogP contribution in [0.4, 0.5) is 0 Å². The van der Waals surface area contributed by atoms with Gasteiger partial charge in [0.25, 0.3) is 0 Å². The molecule has 0 fully saturated rings. The van der Waals surface area contributed by atoms with Gasteiger partial charge >= 0.3 is 0 Å². The summed E-state index contributed by atoms with van der Waals surface area (Å²) in [4.78, 5) is 0. The Labute approximate surface area is 183 Å². The van der Waals surface area contributed by atoms with E-state index in [1.165, 1.54) is 29.0 Å². The number of benzene rings is 1. The van der Waals surface area contributed by atoms with Crippen LogP contribution in [0.3, 0.4) is 0 Å². The lowest BCUT2D eigenvalue weighted by Gasteiger charge is -2.12. The van der Waals surface area contributed by atoms with Gasteiger partial charge in [0.2, 0.25) is 5.16 Å². The van der Waals surface area contributed by atoms with Gasteiger partial charge in [-0.25, -0.2) is 0 Å². The Hall–Kier alpha value is -1.09. The number of aromatic nitrogens is 3. The summed E-state index contributed by atoms with van der Waals surface area (Å²) in [5.41, 5.74) is 0. The molecule has 2 heterocycles. The molecular weight excluding hydrogens is 478 g/mol. The zero-order valence-corrected chi connectivity index (χ0v) is 18.0. The van der Waals surface area contributed by atoms with Crippen LogP contribution in [0.15, 0.2) is 33.1 Å². The molecule has 0 atom stereocenters. The van der Waals surface area contributed by atoms with E-state index >= 15 is 0 Å².